The van der Waals surface area contributed by atoms with Gasteiger partial charge < -0.3 is 10.6 Å². The minimum absolute atomic E-state index is 0.0329. The zero-order valence-corrected chi connectivity index (χ0v) is 16.5. The Balaban J connectivity index is 1.23. The summed E-state index contributed by atoms with van der Waals surface area (Å²) in [7, 11) is 0. The van der Waals surface area contributed by atoms with Crippen LogP contribution in [0, 0.1) is 0 Å². The van der Waals surface area contributed by atoms with Gasteiger partial charge in [0.2, 0.25) is 5.91 Å². The van der Waals surface area contributed by atoms with E-state index in [4.69, 9.17) is 23.2 Å². The Kier molecular flexibility index (Phi) is 5.58. The summed E-state index contributed by atoms with van der Waals surface area (Å²) in [5.41, 5.74) is 2.15. The fourth-order valence-corrected chi connectivity index (χ4v) is 4.51. The molecule has 1 unspecified atom stereocenters. The van der Waals surface area contributed by atoms with E-state index in [0.29, 0.717) is 17.1 Å². The van der Waals surface area contributed by atoms with Gasteiger partial charge in [0.15, 0.2) is 0 Å². The summed E-state index contributed by atoms with van der Waals surface area (Å²) in [6, 6.07) is 16.9. The molecule has 2 aromatic rings. The van der Waals surface area contributed by atoms with Crippen LogP contribution in [0.5, 0.6) is 0 Å². The number of piperidine rings is 1. The molecule has 142 valence electrons. The molecule has 2 heterocycles. The van der Waals surface area contributed by atoms with Crippen LogP contribution in [0.1, 0.15) is 24.8 Å². The summed E-state index contributed by atoms with van der Waals surface area (Å²) in [5, 5.41) is 7.74. The lowest BCUT2D eigenvalue weighted by Crippen LogP contribution is -2.64. The molecule has 2 bridgehead atoms. The van der Waals surface area contributed by atoms with Crippen LogP contribution in [0.25, 0.3) is 0 Å². The first-order valence-electron chi connectivity index (χ1n) is 9.36. The highest BCUT2D eigenvalue weighted by Crippen LogP contribution is 2.39. The van der Waals surface area contributed by atoms with Gasteiger partial charge in [0.1, 0.15) is 0 Å². The number of hydrogen-bond acceptors (Lipinski definition) is 3. The summed E-state index contributed by atoms with van der Waals surface area (Å²) in [4.78, 5) is 14.8. The van der Waals surface area contributed by atoms with Crippen molar-refractivity contribution in [3.63, 3.8) is 0 Å². The average Bonchev–Trinajstić information content (AvgIpc) is 2.66. The predicted octanol–water partition coefficient (Wildman–Crippen LogP) is 4.33. The van der Waals surface area contributed by atoms with Crippen molar-refractivity contribution in [2.24, 2.45) is 0 Å². The Morgan fingerprint density at radius 3 is 2.44 bits per heavy atom. The molecule has 3 aliphatic rings. The van der Waals surface area contributed by atoms with E-state index in [0.717, 1.165) is 30.1 Å². The number of anilines is 1. The summed E-state index contributed by atoms with van der Waals surface area (Å²) < 4.78 is 0. The fourth-order valence-electron chi connectivity index (χ4n) is 4.20. The number of fused-ring (bicyclic) bond motifs is 2. The van der Waals surface area contributed by atoms with Gasteiger partial charge in [-0.05, 0) is 55.2 Å². The van der Waals surface area contributed by atoms with Gasteiger partial charge in [-0.15, -0.1) is 0 Å². The van der Waals surface area contributed by atoms with Gasteiger partial charge in [-0.2, -0.15) is 0 Å². The zero-order chi connectivity index (χ0) is 18.8. The molecule has 2 saturated heterocycles. The van der Waals surface area contributed by atoms with Crippen LogP contribution in [0.15, 0.2) is 48.5 Å². The van der Waals surface area contributed by atoms with Crippen molar-refractivity contribution in [1.82, 2.24) is 10.2 Å². The Hall–Kier alpha value is -1.75. The lowest BCUT2D eigenvalue weighted by atomic mass is 9.76. The van der Waals surface area contributed by atoms with Gasteiger partial charge in [0, 0.05) is 40.4 Å². The zero-order valence-electron chi connectivity index (χ0n) is 15.0. The number of benzene rings is 2. The molecule has 27 heavy (non-hydrogen) atoms. The first-order chi connectivity index (χ1) is 13.1. The molecule has 1 aliphatic carbocycles. The third-order valence-corrected chi connectivity index (χ3v) is 6.00. The summed E-state index contributed by atoms with van der Waals surface area (Å²) in [6.45, 7) is 1.23. The molecule has 6 heteroatoms. The quantitative estimate of drug-likeness (QED) is 0.754. The van der Waals surface area contributed by atoms with E-state index >= 15 is 0 Å². The maximum Gasteiger partial charge on any atom is 0.239 e. The monoisotopic (exact) mass is 403 g/mol. The number of nitrogens with one attached hydrogen (secondary N) is 2. The fraction of sp³-hybridized carbons (Fsp3) is 0.381. The van der Waals surface area contributed by atoms with Crippen LogP contribution in [-0.4, -0.2) is 35.5 Å². The van der Waals surface area contributed by atoms with E-state index in [9.17, 15) is 4.79 Å². The van der Waals surface area contributed by atoms with Gasteiger partial charge in [0.25, 0.3) is 0 Å². The van der Waals surface area contributed by atoms with Crippen molar-refractivity contribution in [1.29, 1.82) is 0 Å². The van der Waals surface area contributed by atoms with Crippen molar-refractivity contribution in [2.75, 3.05) is 11.9 Å². The Morgan fingerprint density at radius 2 is 1.74 bits per heavy atom. The van der Waals surface area contributed by atoms with Crippen molar-refractivity contribution < 1.29 is 4.79 Å². The SMILES string of the molecule is O=C(CNc1cccc(Cl)c1)NC1C[C@@H]2C[C@H](C1)N2Cc1ccc(Cl)cc1. The maximum absolute atomic E-state index is 12.3. The molecule has 0 spiro atoms. The molecule has 1 amide bonds. The van der Waals surface area contributed by atoms with Crippen molar-refractivity contribution in [3.8, 4) is 0 Å². The largest absolute Gasteiger partial charge is 0.376 e. The van der Waals surface area contributed by atoms with Crippen molar-refractivity contribution in [2.45, 2.75) is 43.9 Å². The van der Waals surface area contributed by atoms with Gasteiger partial charge in [-0.1, -0.05) is 41.4 Å². The second kappa shape index (κ2) is 8.09. The van der Waals surface area contributed by atoms with Crippen molar-refractivity contribution >= 4 is 34.8 Å². The van der Waals surface area contributed by atoms with Crippen LogP contribution < -0.4 is 10.6 Å². The smallest absolute Gasteiger partial charge is 0.239 e. The minimum atomic E-state index is 0.0329. The van der Waals surface area contributed by atoms with Crippen LogP contribution >= 0.6 is 23.2 Å². The summed E-state index contributed by atoms with van der Waals surface area (Å²) in [5.74, 6) is 0.0329. The first kappa shape index (κ1) is 18.6. The highest BCUT2D eigenvalue weighted by molar-refractivity contribution is 6.31. The highest BCUT2D eigenvalue weighted by Gasteiger charge is 2.45. The molecular weight excluding hydrogens is 381 g/mol. The molecule has 0 aromatic heterocycles. The molecule has 5 rings (SSSR count). The number of hydrogen-bond donors (Lipinski definition) is 2. The van der Waals surface area contributed by atoms with Gasteiger partial charge in [-0.25, -0.2) is 0 Å². The number of amides is 1. The normalized spacial score (nSPS) is 24.1. The van der Waals surface area contributed by atoms with E-state index in [-0.39, 0.29) is 18.5 Å². The van der Waals surface area contributed by atoms with E-state index in [1.165, 1.54) is 12.0 Å². The van der Waals surface area contributed by atoms with Crippen LogP contribution in [0.4, 0.5) is 5.69 Å². The Morgan fingerprint density at radius 1 is 1.00 bits per heavy atom. The van der Waals surface area contributed by atoms with E-state index < -0.39 is 0 Å². The Labute approximate surface area is 169 Å². The van der Waals surface area contributed by atoms with E-state index in [1.807, 2.05) is 36.4 Å². The molecule has 0 radical (unpaired) electrons. The number of halogens is 2. The lowest BCUT2D eigenvalue weighted by Gasteiger charge is -2.55. The molecule has 2 N–H and O–H groups in total. The molecule has 1 saturated carbocycles. The first-order valence-corrected chi connectivity index (χ1v) is 10.1. The lowest BCUT2D eigenvalue weighted by molar-refractivity contribution is -0.122. The molecule has 2 aromatic carbocycles. The standard InChI is InChI=1S/C21H23Cl2N3O/c22-15-6-4-14(5-7-15)13-26-19-9-18(10-20(26)11-19)25-21(27)12-24-17-3-1-2-16(23)8-17/h1-8,18-20,24H,9-13H2,(H,25,27)/t18?,19-,20+. The topological polar surface area (TPSA) is 44.4 Å². The number of nitrogens with zero attached hydrogens (tertiary/aromatic N) is 1. The van der Waals surface area contributed by atoms with Crippen molar-refractivity contribution in [3.05, 3.63) is 64.1 Å². The molecule has 3 atom stereocenters. The maximum atomic E-state index is 12.3. The third kappa shape index (κ3) is 4.57. The second-order valence-corrected chi connectivity index (χ2v) is 8.31. The summed E-state index contributed by atoms with van der Waals surface area (Å²) >= 11 is 11.9. The molecular formula is C21H23Cl2N3O. The van der Waals surface area contributed by atoms with E-state index in [2.05, 4.69) is 27.7 Å². The molecule has 3 fully saturated rings. The Bertz CT molecular complexity index is 799. The van der Waals surface area contributed by atoms with Crippen LogP contribution in [0.2, 0.25) is 10.0 Å². The minimum Gasteiger partial charge on any atom is -0.376 e. The number of carbonyl (C=O) groups excluding carboxylic acids is 1. The third-order valence-electron chi connectivity index (χ3n) is 5.52. The number of carbonyl (C=O) groups is 1. The van der Waals surface area contributed by atoms with E-state index in [1.54, 1.807) is 0 Å². The van der Waals surface area contributed by atoms with Gasteiger partial charge in [-0.3, -0.25) is 9.69 Å². The second-order valence-electron chi connectivity index (χ2n) is 7.44. The average molecular weight is 404 g/mol. The van der Waals surface area contributed by atoms with Gasteiger partial charge in [0.05, 0.1) is 6.54 Å². The summed E-state index contributed by atoms with van der Waals surface area (Å²) in [6.07, 6.45) is 3.28. The predicted molar refractivity (Wildman–Crippen MR) is 110 cm³/mol. The van der Waals surface area contributed by atoms with Crippen LogP contribution in [-0.2, 0) is 11.3 Å². The number of rotatable bonds is 6. The molecule has 4 nitrogen and oxygen atoms in total. The molecule has 2 aliphatic heterocycles. The van der Waals surface area contributed by atoms with Gasteiger partial charge >= 0.3 is 0 Å². The highest BCUT2D eigenvalue weighted by atomic mass is 35.5. The van der Waals surface area contributed by atoms with Crippen LogP contribution in [0.3, 0.4) is 0 Å².